The van der Waals surface area contributed by atoms with Crippen LogP contribution in [-0.2, 0) is 59.2 Å². The molecule has 8 amide bonds. The van der Waals surface area contributed by atoms with Gasteiger partial charge in [-0.05, 0) is 50.7 Å². The molecule has 0 spiro atoms. The summed E-state index contributed by atoms with van der Waals surface area (Å²) in [5.41, 5.74) is 17.7. The Morgan fingerprint density at radius 2 is 1.19 bits per heavy atom. The number of hydrogen-bond donors (Lipinski definition) is 16. The zero-order valence-electron chi connectivity index (χ0n) is 38.9. The molecular weight excluding hydrogens is 943 g/mol. The van der Waals surface area contributed by atoms with Crippen molar-refractivity contribution in [3.05, 3.63) is 36.0 Å². The van der Waals surface area contributed by atoms with Gasteiger partial charge in [0.15, 0.2) is 5.96 Å². The van der Waals surface area contributed by atoms with E-state index in [0.717, 1.165) is 0 Å². The fourth-order valence-corrected chi connectivity index (χ4v) is 6.74. The standard InChI is InChI=1S/C42H63N13O14S/c1-19(2)12-26(37(64)50-21(4)35(62)54-29(41(68)69)15-33(59)60)52-39(66)27(13-22-16-47-25-10-6-5-8-23(22)25)51-31(56)17-48-34(61)20(3)49-38(65)28(14-32(57)58)53-40(67)30(18-70)55-36(63)24(43)9-7-11-46-42(44)45/h5-6,8,10,16,19-21,24,26-30,47,70H,7,9,11-15,17-18,43H2,1-4H3,(H,48,61)(H,49,65)(H,50,64)(H,51,56)(H,52,66)(H,53,67)(H,54,62)(H,55,63)(H,57,58)(H,59,60)(H,68,69)(H4,44,45,46)/t20-,21-,24-,26-,27-,28-,29-,30-/m0/s1. The van der Waals surface area contributed by atoms with Gasteiger partial charge < -0.3 is 80.0 Å². The van der Waals surface area contributed by atoms with Crippen molar-refractivity contribution >= 4 is 94.7 Å². The summed E-state index contributed by atoms with van der Waals surface area (Å²) < 4.78 is 0. The topological polar surface area (TPSA) is 451 Å². The third kappa shape index (κ3) is 20.4. The number of guanidine groups is 1. The van der Waals surface area contributed by atoms with Gasteiger partial charge in [-0.2, -0.15) is 12.6 Å². The van der Waals surface area contributed by atoms with E-state index < -0.39 is 133 Å². The summed E-state index contributed by atoms with van der Waals surface area (Å²) in [7, 11) is 0. The van der Waals surface area contributed by atoms with Crippen LogP contribution in [0.1, 0.15) is 65.4 Å². The van der Waals surface area contributed by atoms with Crippen LogP contribution in [0.25, 0.3) is 10.9 Å². The minimum Gasteiger partial charge on any atom is -0.481 e. The highest BCUT2D eigenvalue weighted by atomic mass is 32.1. The normalized spacial score (nSPS) is 14.4. The Morgan fingerprint density at radius 1 is 0.657 bits per heavy atom. The number of para-hydroxylation sites is 1. The first kappa shape index (κ1) is 58.6. The van der Waals surface area contributed by atoms with Crippen LogP contribution in [-0.4, -0.2) is 159 Å². The van der Waals surface area contributed by atoms with E-state index in [0.29, 0.717) is 22.9 Å². The molecule has 1 aromatic heterocycles. The second-order valence-corrected chi connectivity index (χ2v) is 16.9. The van der Waals surface area contributed by atoms with E-state index in [9.17, 15) is 63.0 Å². The molecule has 0 fully saturated rings. The maximum atomic E-state index is 14.0. The Bertz CT molecular complexity index is 2250. The molecule has 18 N–H and O–H groups in total. The number of aliphatic imine (C=N–C) groups is 1. The van der Waals surface area contributed by atoms with Crippen molar-refractivity contribution < 1.29 is 68.1 Å². The Labute approximate surface area is 406 Å². The number of H-pyrrole nitrogens is 1. The number of aromatic amines is 1. The summed E-state index contributed by atoms with van der Waals surface area (Å²) in [6, 6.07) is -4.44. The van der Waals surface area contributed by atoms with Gasteiger partial charge in [-0.3, -0.25) is 52.9 Å². The molecular formula is C42H63N13O14S. The molecule has 28 heteroatoms. The fraction of sp³-hybridized carbons (Fsp3) is 0.524. The molecule has 70 heavy (non-hydrogen) atoms. The minimum absolute atomic E-state index is 0.0256. The summed E-state index contributed by atoms with van der Waals surface area (Å²) in [6.07, 6.45) is 0.0950. The molecule has 0 bridgehead atoms. The molecule has 27 nitrogen and oxygen atoms in total. The third-order valence-electron chi connectivity index (χ3n) is 10.1. The lowest BCUT2D eigenvalue weighted by atomic mass is 10.0. The van der Waals surface area contributed by atoms with E-state index in [1.54, 1.807) is 44.3 Å². The van der Waals surface area contributed by atoms with Crippen molar-refractivity contribution in [1.82, 2.24) is 47.5 Å². The molecule has 0 aliphatic rings. The predicted molar refractivity (Wildman–Crippen MR) is 253 cm³/mol. The number of fused-ring (bicyclic) bond motifs is 1. The van der Waals surface area contributed by atoms with Crippen LogP contribution in [0, 0.1) is 5.92 Å². The number of carboxylic acid groups (broad SMARTS) is 3. The maximum Gasteiger partial charge on any atom is 0.326 e. The van der Waals surface area contributed by atoms with Gasteiger partial charge in [0.25, 0.3) is 0 Å². The average molecular weight is 1010 g/mol. The second kappa shape index (κ2) is 28.7. The average Bonchev–Trinajstić information content (AvgIpc) is 3.69. The number of hydrogen-bond acceptors (Lipinski definition) is 14. The van der Waals surface area contributed by atoms with E-state index in [1.165, 1.54) is 13.8 Å². The number of aromatic nitrogens is 1. The number of carboxylic acids is 3. The lowest BCUT2D eigenvalue weighted by molar-refractivity contribution is -0.147. The van der Waals surface area contributed by atoms with Crippen molar-refractivity contribution in [2.24, 2.45) is 28.1 Å². The summed E-state index contributed by atoms with van der Waals surface area (Å²) in [5, 5.41) is 47.3. The molecule has 2 rings (SSSR count). The highest BCUT2D eigenvalue weighted by molar-refractivity contribution is 7.80. The quantitative estimate of drug-likeness (QED) is 0.0152. The van der Waals surface area contributed by atoms with Gasteiger partial charge in [-0.1, -0.05) is 32.0 Å². The predicted octanol–water partition coefficient (Wildman–Crippen LogP) is -4.35. The molecule has 0 saturated carbocycles. The summed E-state index contributed by atoms with van der Waals surface area (Å²) in [5.74, 6) is -12.7. The number of nitrogens with zero attached hydrogens (tertiary/aromatic N) is 1. The second-order valence-electron chi connectivity index (χ2n) is 16.5. The Balaban J connectivity index is 2.18. The minimum atomic E-state index is -1.79. The van der Waals surface area contributed by atoms with Gasteiger partial charge in [0.2, 0.25) is 47.3 Å². The lowest BCUT2D eigenvalue weighted by Gasteiger charge is -2.26. The van der Waals surface area contributed by atoms with Crippen molar-refractivity contribution in [1.29, 1.82) is 0 Å². The smallest absolute Gasteiger partial charge is 0.326 e. The highest BCUT2D eigenvalue weighted by Gasteiger charge is 2.33. The summed E-state index contributed by atoms with van der Waals surface area (Å²) in [6.45, 7) is 5.35. The van der Waals surface area contributed by atoms with Crippen molar-refractivity contribution in [3.63, 3.8) is 0 Å². The molecule has 1 heterocycles. The molecule has 1 aromatic carbocycles. The zero-order valence-corrected chi connectivity index (χ0v) is 39.8. The van der Waals surface area contributed by atoms with Crippen LogP contribution < -0.4 is 59.7 Å². The van der Waals surface area contributed by atoms with Gasteiger partial charge in [-0.15, -0.1) is 0 Å². The molecule has 0 radical (unpaired) electrons. The van der Waals surface area contributed by atoms with E-state index in [-0.39, 0.29) is 43.4 Å². The van der Waals surface area contributed by atoms with Crippen molar-refractivity contribution in [3.8, 4) is 0 Å². The van der Waals surface area contributed by atoms with E-state index >= 15 is 0 Å². The van der Waals surface area contributed by atoms with Gasteiger partial charge >= 0.3 is 17.9 Å². The molecule has 0 saturated heterocycles. The van der Waals surface area contributed by atoms with Crippen molar-refractivity contribution in [2.45, 2.75) is 115 Å². The van der Waals surface area contributed by atoms with Crippen LogP contribution in [0.15, 0.2) is 35.5 Å². The van der Waals surface area contributed by atoms with Crippen LogP contribution in [0.4, 0.5) is 0 Å². The van der Waals surface area contributed by atoms with Gasteiger partial charge in [0.1, 0.15) is 42.3 Å². The van der Waals surface area contributed by atoms with Crippen LogP contribution in [0.3, 0.4) is 0 Å². The highest BCUT2D eigenvalue weighted by Crippen LogP contribution is 2.19. The van der Waals surface area contributed by atoms with Crippen molar-refractivity contribution in [2.75, 3.05) is 18.8 Å². The molecule has 0 unspecified atom stereocenters. The Kier molecular flexibility index (Phi) is 24.1. The number of nitrogens with one attached hydrogen (secondary N) is 9. The first-order chi connectivity index (χ1) is 32.8. The van der Waals surface area contributed by atoms with E-state index in [2.05, 4.69) is 59.8 Å². The number of carbonyl (C=O) groups excluding carboxylic acids is 8. The van der Waals surface area contributed by atoms with Gasteiger partial charge in [0.05, 0.1) is 25.4 Å². The monoisotopic (exact) mass is 1010 g/mol. The van der Waals surface area contributed by atoms with Gasteiger partial charge in [-0.25, -0.2) is 4.79 Å². The number of thiol groups is 1. The van der Waals surface area contributed by atoms with Crippen LogP contribution in [0.2, 0.25) is 0 Å². The number of carbonyl (C=O) groups is 11. The maximum absolute atomic E-state index is 14.0. The SMILES string of the molecule is CC(C)C[C@H](NC(=O)[C@H](Cc1c[nH]c2ccccc12)NC(=O)CNC(=O)[C@H](C)NC(=O)[C@H](CC(=O)O)NC(=O)[C@H](CS)NC(=O)[C@@H](N)CCCN=C(N)N)C(=O)N[C@@H](C)C(=O)N[C@@H](CC(=O)O)C(=O)O. The molecule has 2 aromatic rings. The summed E-state index contributed by atoms with van der Waals surface area (Å²) >= 11 is 4.07. The number of nitrogens with two attached hydrogens (primary N) is 3. The number of rotatable bonds is 30. The molecule has 0 aliphatic carbocycles. The Morgan fingerprint density at radius 3 is 1.77 bits per heavy atom. The van der Waals surface area contributed by atoms with Gasteiger partial charge in [0, 0.05) is 35.8 Å². The van der Waals surface area contributed by atoms with Crippen LogP contribution in [0.5, 0.6) is 0 Å². The molecule has 8 atom stereocenters. The first-order valence-corrected chi connectivity index (χ1v) is 22.5. The number of benzene rings is 1. The van der Waals surface area contributed by atoms with E-state index in [4.69, 9.17) is 22.3 Å². The lowest BCUT2D eigenvalue weighted by Crippen LogP contribution is -2.59. The van der Waals surface area contributed by atoms with E-state index in [1.807, 2.05) is 5.32 Å². The Hall–Kier alpha value is -7.49. The number of aliphatic carboxylic acids is 3. The molecule has 0 aliphatic heterocycles. The largest absolute Gasteiger partial charge is 0.481 e. The third-order valence-corrected chi connectivity index (χ3v) is 10.5. The molecule has 386 valence electrons. The summed E-state index contributed by atoms with van der Waals surface area (Å²) in [4.78, 5) is 147. The van der Waals surface area contributed by atoms with Crippen LogP contribution >= 0.6 is 12.6 Å². The first-order valence-electron chi connectivity index (χ1n) is 21.9. The number of amides is 8. The zero-order chi connectivity index (χ0) is 52.8. The fourth-order valence-electron chi connectivity index (χ4n) is 6.48.